The van der Waals surface area contributed by atoms with Crippen molar-refractivity contribution < 1.29 is 74.5 Å². The Morgan fingerprint density at radius 3 is 2.22 bits per heavy atom. The molecule has 0 aromatic carbocycles. The van der Waals surface area contributed by atoms with Crippen molar-refractivity contribution in [2.24, 2.45) is 17.6 Å². The van der Waals surface area contributed by atoms with Crippen molar-refractivity contribution in [1.82, 2.24) is 0 Å². The number of carbonyl (C=O) groups excluding carboxylic acids is 1. The molecule has 0 radical (unpaired) electrons. The van der Waals surface area contributed by atoms with Gasteiger partial charge in [-0.15, -0.1) is 0 Å². The number of hydrogen-bond acceptors (Lipinski definition) is 15. The maximum Gasteiger partial charge on any atom is 0.311 e. The fourth-order valence-corrected chi connectivity index (χ4v) is 6.86. The van der Waals surface area contributed by atoms with Crippen LogP contribution in [0.5, 0.6) is 0 Å². The molecule has 2 fully saturated rings. The predicted molar refractivity (Wildman–Crippen MR) is 193 cm³/mol. The number of rotatable bonds is 6. The number of aliphatic hydroxyl groups excluding tert-OH is 7. The largest absolute Gasteiger partial charge is 0.481 e. The first kappa shape index (κ1) is 45.8. The Hall–Kier alpha value is -2.58. The Bertz CT molecular complexity index is 1280. The van der Waals surface area contributed by atoms with Gasteiger partial charge in [0.1, 0.15) is 18.1 Å². The van der Waals surface area contributed by atoms with Gasteiger partial charge < -0.3 is 70.6 Å². The fourth-order valence-electron chi connectivity index (χ4n) is 6.86. The van der Waals surface area contributed by atoms with E-state index in [1.807, 2.05) is 13.0 Å². The highest BCUT2D eigenvalue weighted by atomic mass is 16.7. The van der Waals surface area contributed by atoms with Gasteiger partial charge in [0.25, 0.3) is 0 Å². The molecule has 16 heteroatoms. The quantitative estimate of drug-likeness (QED) is 0.160. The van der Waals surface area contributed by atoms with Crippen molar-refractivity contribution in [3.05, 3.63) is 48.6 Å². The summed E-state index contributed by atoms with van der Waals surface area (Å²) in [7, 11) is 0. The summed E-state index contributed by atoms with van der Waals surface area (Å²) in [5.41, 5.74) is 5.91. The van der Waals surface area contributed by atoms with Crippen molar-refractivity contribution in [3.8, 4) is 0 Å². The number of allylic oxidation sites excluding steroid dienone is 6. The minimum absolute atomic E-state index is 0.240. The maximum atomic E-state index is 12.9. The van der Waals surface area contributed by atoms with E-state index in [0.717, 1.165) is 12.8 Å². The second kappa shape index (κ2) is 22.2. The minimum Gasteiger partial charge on any atom is -0.481 e. The third-order valence-electron chi connectivity index (χ3n) is 10.0. The van der Waals surface area contributed by atoms with E-state index in [-0.39, 0.29) is 32.3 Å². The molecule has 3 aliphatic heterocycles. The Balaban J connectivity index is 1.90. The molecule has 308 valence electrons. The molecule has 3 heterocycles. The SMILES string of the molecule is CCCCC1C/C=C/C=C/C=C/C=C/C(O[C@@H]2OC[C@@H](O)[C@H](N)[C@H]2O)CC2OC(O)(CC(O)CC(O)CC(O)CC(O)C(C)C(=O)O1)CC(O)C2C(=O)O. The van der Waals surface area contributed by atoms with Crippen LogP contribution in [-0.2, 0) is 28.5 Å². The Labute approximate surface area is 316 Å². The number of cyclic esters (lactones) is 1. The van der Waals surface area contributed by atoms with Gasteiger partial charge in [0, 0.05) is 32.1 Å². The molecule has 0 aromatic rings. The molecular formula is C38H61NO15. The number of nitrogens with two attached hydrogens (primary N) is 1. The number of carboxylic acid groups (broad SMARTS) is 1. The highest BCUT2D eigenvalue weighted by Gasteiger charge is 2.50. The molecule has 0 aromatic heterocycles. The van der Waals surface area contributed by atoms with E-state index in [2.05, 4.69) is 0 Å². The van der Waals surface area contributed by atoms with Crippen molar-refractivity contribution in [3.63, 3.8) is 0 Å². The molecule has 0 amide bonds. The second-order valence-electron chi connectivity index (χ2n) is 14.7. The molecule has 3 aliphatic rings. The number of carbonyl (C=O) groups is 2. The lowest BCUT2D eigenvalue weighted by Crippen LogP contribution is -2.59. The highest BCUT2D eigenvalue weighted by molar-refractivity contribution is 5.73. The van der Waals surface area contributed by atoms with Crippen LogP contribution in [0.4, 0.5) is 0 Å². The lowest BCUT2D eigenvalue weighted by atomic mass is 9.82. The third-order valence-corrected chi connectivity index (χ3v) is 10.0. The Kier molecular flexibility index (Phi) is 18.9. The Morgan fingerprint density at radius 1 is 0.889 bits per heavy atom. The standard InChI is InChI=1S/C38H61NO15/c1-3-4-12-26-13-10-8-6-5-7-9-11-14-27(53-37-34(46)33(39)30(45)21-51-37)18-31-32(35(47)48)29(44)20-38(50,54-31)19-25(42)16-23(40)15-24(41)17-28(43)22(2)36(49)52-26/h5-11,14,22-34,37,40-46,50H,3-4,12-13,15-21,39H2,1-2H3,(H,47,48)/b6-5+,9-7+,10-8+,14-11+/t22?,23?,24?,25?,26?,27?,28?,29?,30-,31?,32?,33+,34-,37+,38?/m1/s1. The molecule has 54 heavy (non-hydrogen) atoms. The fraction of sp³-hybridized carbons (Fsp3) is 0.737. The van der Waals surface area contributed by atoms with Crippen LogP contribution in [0.3, 0.4) is 0 Å². The molecule has 15 atom stereocenters. The van der Waals surface area contributed by atoms with Crippen molar-refractivity contribution in [1.29, 1.82) is 0 Å². The average Bonchev–Trinajstić information content (AvgIpc) is 3.07. The molecule has 0 aliphatic carbocycles. The summed E-state index contributed by atoms with van der Waals surface area (Å²) in [6, 6.07) is -1.10. The second-order valence-corrected chi connectivity index (χ2v) is 14.7. The van der Waals surface area contributed by atoms with Crippen molar-refractivity contribution >= 4 is 11.9 Å². The van der Waals surface area contributed by atoms with Crippen LogP contribution in [0.15, 0.2) is 48.6 Å². The molecule has 11 unspecified atom stereocenters. The summed E-state index contributed by atoms with van der Waals surface area (Å²) in [5.74, 6) is -6.78. The summed E-state index contributed by atoms with van der Waals surface area (Å²) in [4.78, 5) is 25.2. The number of aliphatic hydroxyl groups is 8. The third kappa shape index (κ3) is 14.5. The van der Waals surface area contributed by atoms with Crippen LogP contribution >= 0.6 is 0 Å². The van der Waals surface area contributed by atoms with Crippen LogP contribution in [-0.4, -0.2) is 144 Å². The number of carboxylic acids is 1. The lowest BCUT2D eigenvalue weighted by molar-refractivity contribution is -0.305. The molecular weight excluding hydrogens is 710 g/mol. The monoisotopic (exact) mass is 771 g/mol. The lowest BCUT2D eigenvalue weighted by Gasteiger charge is -2.45. The summed E-state index contributed by atoms with van der Waals surface area (Å²) < 4.78 is 23.0. The normalized spacial score (nSPS) is 43.6. The topological polar surface area (TPSA) is 279 Å². The van der Waals surface area contributed by atoms with E-state index in [4.69, 9.17) is 24.7 Å². The van der Waals surface area contributed by atoms with Gasteiger partial charge in [-0.3, -0.25) is 9.59 Å². The highest BCUT2D eigenvalue weighted by Crippen LogP contribution is 2.38. The minimum atomic E-state index is -2.25. The molecule has 0 saturated carbocycles. The smallest absolute Gasteiger partial charge is 0.311 e. The number of hydrogen-bond donors (Lipinski definition) is 10. The zero-order valence-electron chi connectivity index (χ0n) is 31.0. The Morgan fingerprint density at radius 2 is 1.54 bits per heavy atom. The van der Waals surface area contributed by atoms with Crippen LogP contribution in [0.2, 0.25) is 0 Å². The van der Waals surface area contributed by atoms with Gasteiger partial charge in [0.15, 0.2) is 12.1 Å². The van der Waals surface area contributed by atoms with Gasteiger partial charge in [0.05, 0.1) is 67.4 Å². The molecule has 2 bridgehead atoms. The first-order chi connectivity index (χ1) is 25.5. The van der Waals surface area contributed by atoms with E-state index in [9.17, 15) is 55.5 Å². The number of ether oxygens (including phenoxy) is 4. The first-order valence-electron chi connectivity index (χ1n) is 18.8. The van der Waals surface area contributed by atoms with Gasteiger partial charge >= 0.3 is 11.9 Å². The van der Waals surface area contributed by atoms with E-state index in [1.54, 1.807) is 36.5 Å². The van der Waals surface area contributed by atoms with E-state index in [1.165, 1.54) is 13.0 Å². The summed E-state index contributed by atoms with van der Waals surface area (Å²) >= 11 is 0. The van der Waals surface area contributed by atoms with E-state index < -0.39 is 116 Å². The van der Waals surface area contributed by atoms with Gasteiger partial charge in [-0.2, -0.15) is 0 Å². The van der Waals surface area contributed by atoms with E-state index >= 15 is 0 Å². The van der Waals surface area contributed by atoms with Crippen LogP contribution in [0, 0.1) is 11.8 Å². The molecule has 16 nitrogen and oxygen atoms in total. The van der Waals surface area contributed by atoms with Gasteiger partial charge in [-0.25, -0.2) is 0 Å². The summed E-state index contributed by atoms with van der Waals surface area (Å²) in [5, 5.41) is 95.9. The number of esters is 1. The molecule has 0 spiro atoms. The van der Waals surface area contributed by atoms with Gasteiger partial charge in [0.2, 0.25) is 0 Å². The average molecular weight is 772 g/mol. The maximum absolute atomic E-state index is 12.9. The number of unbranched alkanes of at least 4 members (excludes halogenated alkanes) is 1. The van der Waals surface area contributed by atoms with Gasteiger partial charge in [-0.1, -0.05) is 68.4 Å². The molecule has 11 N–H and O–H groups in total. The molecule has 2 saturated heterocycles. The van der Waals surface area contributed by atoms with Crippen LogP contribution in [0.25, 0.3) is 0 Å². The predicted octanol–water partition coefficient (Wildman–Crippen LogP) is 0.0769. The first-order valence-corrected chi connectivity index (χ1v) is 18.8. The summed E-state index contributed by atoms with van der Waals surface area (Å²) in [6.07, 6.45) is 0.295. The summed E-state index contributed by atoms with van der Waals surface area (Å²) in [6.45, 7) is 3.27. The molecule has 3 rings (SSSR count). The van der Waals surface area contributed by atoms with Crippen LogP contribution in [0.1, 0.15) is 78.1 Å². The number of aliphatic carboxylic acids is 1. The van der Waals surface area contributed by atoms with E-state index in [0.29, 0.717) is 12.8 Å². The van der Waals surface area contributed by atoms with Crippen molar-refractivity contribution in [2.45, 2.75) is 157 Å². The zero-order chi connectivity index (χ0) is 40.0. The van der Waals surface area contributed by atoms with Crippen LogP contribution < -0.4 is 5.73 Å². The number of fused-ring (bicyclic) bond motifs is 2. The van der Waals surface area contributed by atoms with Crippen molar-refractivity contribution in [2.75, 3.05) is 6.61 Å². The van der Waals surface area contributed by atoms with Gasteiger partial charge in [-0.05, 0) is 26.2 Å². The zero-order valence-corrected chi connectivity index (χ0v) is 31.0.